The number of aliphatic carboxylic acids is 1. The molecule has 1 aromatic heterocycles. The van der Waals surface area contributed by atoms with E-state index in [2.05, 4.69) is 16.8 Å². The highest BCUT2D eigenvalue weighted by Crippen LogP contribution is 2.42. The van der Waals surface area contributed by atoms with Gasteiger partial charge in [0.2, 0.25) is 0 Å². The number of fused-ring (bicyclic) bond motifs is 5. The highest BCUT2D eigenvalue weighted by atomic mass is 16.5. The van der Waals surface area contributed by atoms with E-state index in [0.29, 0.717) is 0 Å². The number of aromatic nitrogens is 1. The van der Waals surface area contributed by atoms with E-state index in [9.17, 15) is 9.90 Å². The first-order valence-corrected chi connectivity index (χ1v) is 14.0. The Hall–Kier alpha value is -3.48. The number of benzene rings is 3. The Morgan fingerprint density at radius 3 is 2.59 bits per heavy atom. The van der Waals surface area contributed by atoms with Crippen molar-refractivity contribution < 1.29 is 19.7 Å². The number of nitrogens with zero attached hydrogens (tertiary/aromatic N) is 2. The molecule has 6 heteroatoms. The van der Waals surface area contributed by atoms with Crippen LogP contribution in [-0.4, -0.2) is 52.3 Å². The van der Waals surface area contributed by atoms with Crippen molar-refractivity contribution >= 4 is 27.6 Å². The van der Waals surface area contributed by atoms with Crippen LogP contribution >= 0.6 is 0 Å². The van der Waals surface area contributed by atoms with Gasteiger partial charge in [0.1, 0.15) is 5.75 Å². The van der Waals surface area contributed by atoms with E-state index in [1.807, 2.05) is 66.7 Å². The lowest BCUT2D eigenvalue weighted by molar-refractivity contribution is -0.138. The SMILES string of the molecule is CC[C@H]1CN2CC[C@H]1C[C@H]2[C@H](O)c1ccnc2ccc(OC)cc12.C[C@H](C(=O)O)c1cccc2ccccc12. The Kier molecular flexibility index (Phi) is 8.15. The lowest BCUT2D eigenvalue weighted by Gasteiger charge is -2.51. The second-order valence-electron chi connectivity index (χ2n) is 10.9. The average molecular weight is 527 g/mol. The van der Waals surface area contributed by atoms with Gasteiger partial charge in [-0.05, 0) is 84.3 Å². The molecule has 3 aliphatic rings. The molecular formula is C33H38N2O4. The summed E-state index contributed by atoms with van der Waals surface area (Å²) in [5, 5.41) is 23.3. The van der Waals surface area contributed by atoms with Crippen molar-refractivity contribution in [2.75, 3.05) is 20.2 Å². The summed E-state index contributed by atoms with van der Waals surface area (Å²) in [6.07, 6.45) is 4.97. The van der Waals surface area contributed by atoms with Crippen molar-refractivity contribution in [2.24, 2.45) is 11.8 Å². The van der Waals surface area contributed by atoms with Crippen LogP contribution in [0.5, 0.6) is 5.75 Å². The predicted molar refractivity (Wildman–Crippen MR) is 155 cm³/mol. The molecule has 6 atom stereocenters. The van der Waals surface area contributed by atoms with E-state index in [1.54, 1.807) is 20.2 Å². The molecule has 3 aromatic carbocycles. The number of piperidine rings is 3. The van der Waals surface area contributed by atoms with E-state index in [0.717, 1.165) is 69.9 Å². The topological polar surface area (TPSA) is 82.9 Å². The summed E-state index contributed by atoms with van der Waals surface area (Å²) in [4.78, 5) is 17.9. The molecule has 0 aliphatic carbocycles. The van der Waals surface area contributed by atoms with Crippen LogP contribution in [0.15, 0.2) is 72.9 Å². The fourth-order valence-electron chi connectivity index (χ4n) is 6.47. The van der Waals surface area contributed by atoms with Gasteiger partial charge in [-0.3, -0.25) is 14.7 Å². The number of hydrogen-bond acceptors (Lipinski definition) is 5. The maximum absolute atomic E-state index is 11.2. The molecule has 3 saturated heterocycles. The third-order valence-electron chi connectivity index (χ3n) is 8.79. The number of methoxy groups -OCH3 is 1. The third-order valence-corrected chi connectivity index (χ3v) is 8.79. The van der Waals surface area contributed by atoms with Crippen molar-refractivity contribution in [3.63, 3.8) is 0 Å². The van der Waals surface area contributed by atoms with Gasteiger partial charge in [0.05, 0.1) is 24.6 Å². The first-order valence-electron chi connectivity index (χ1n) is 14.0. The van der Waals surface area contributed by atoms with Crippen LogP contribution in [0.4, 0.5) is 0 Å². The fraction of sp³-hybridized carbons (Fsp3) is 0.394. The Morgan fingerprint density at radius 2 is 1.87 bits per heavy atom. The van der Waals surface area contributed by atoms with Gasteiger partial charge in [0, 0.05) is 24.2 Å². The second-order valence-corrected chi connectivity index (χ2v) is 10.9. The third kappa shape index (κ3) is 5.49. The standard InChI is InChI=1S/C20H26N2O2.C13H12O2/c1-3-13-12-22-9-7-14(13)10-19(22)20(23)16-6-8-21-18-5-4-15(24-2)11-17(16)18;1-9(13(14)15)11-8-4-6-10-5-2-3-7-12(10)11/h4-6,8,11,13-14,19-20,23H,3,7,9-10,12H2,1-2H3;2-9H,1H3,(H,14,15)/t13-,14-,19-,20+;9-/m00/s1. The molecule has 2 N–H and O–H groups in total. The Morgan fingerprint density at radius 1 is 1.08 bits per heavy atom. The molecule has 1 unspecified atom stereocenters. The fourth-order valence-corrected chi connectivity index (χ4v) is 6.47. The molecule has 4 aromatic rings. The number of carboxylic acid groups (broad SMARTS) is 1. The summed E-state index contributed by atoms with van der Waals surface area (Å²) in [6, 6.07) is 21.7. The largest absolute Gasteiger partial charge is 0.497 e. The lowest BCUT2D eigenvalue weighted by Crippen LogP contribution is -2.55. The van der Waals surface area contributed by atoms with Crippen LogP contribution in [0.3, 0.4) is 0 Å². The molecule has 0 saturated carbocycles. The zero-order chi connectivity index (χ0) is 27.5. The molecule has 4 heterocycles. The number of ether oxygens (including phenoxy) is 1. The molecule has 3 fully saturated rings. The van der Waals surface area contributed by atoms with Crippen LogP contribution in [0.2, 0.25) is 0 Å². The van der Waals surface area contributed by atoms with E-state index in [-0.39, 0.29) is 6.04 Å². The Bertz CT molecular complexity index is 1450. The number of aliphatic hydroxyl groups is 1. The van der Waals surface area contributed by atoms with E-state index in [1.165, 1.54) is 12.8 Å². The molecule has 6 nitrogen and oxygen atoms in total. The molecule has 3 aliphatic heterocycles. The lowest BCUT2D eigenvalue weighted by atomic mass is 9.72. The second kappa shape index (κ2) is 11.7. The minimum absolute atomic E-state index is 0.225. The van der Waals surface area contributed by atoms with Gasteiger partial charge < -0.3 is 14.9 Å². The number of carbonyl (C=O) groups is 1. The highest BCUT2D eigenvalue weighted by Gasteiger charge is 2.42. The zero-order valence-corrected chi connectivity index (χ0v) is 23.0. The molecule has 7 rings (SSSR count). The minimum atomic E-state index is -0.786. The summed E-state index contributed by atoms with van der Waals surface area (Å²) in [5.41, 5.74) is 2.76. The van der Waals surface area contributed by atoms with Crippen LogP contribution in [0, 0.1) is 11.8 Å². The zero-order valence-electron chi connectivity index (χ0n) is 23.0. The first-order chi connectivity index (χ1) is 18.9. The number of aliphatic hydroxyl groups excluding tert-OH is 1. The van der Waals surface area contributed by atoms with Crippen LogP contribution in [0.1, 0.15) is 56.3 Å². The minimum Gasteiger partial charge on any atom is -0.497 e. The maximum atomic E-state index is 11.2. The van der Waals surface area contributed by atoms with E-state index in [4.69, 9.17) is 9.84 Å². The molecule has 0 radical (unpaired) electrons. The predicted octanol–water partition coefficient (Wildman–Crippen LogP) is 6.43. The molecular weight excluding hydrogens is 488 g/mol. The number of hydrogen-bond donors (Lipinski definition) is 2. The molecule has 2 bridgehead atoms. The maximum Gasteiger partial charge on any atom is 0.310 e. The average Bonchev–Trinajstić information content (AvgIpc) is 2.99. The summed E-state index contributed by atoms with van der Waals surface area (Å²) < 4.78 is 5.36. The molecule has 0 amide bonds. The van der Waals surface area contributed by atoms with Crippen LogP contribution in [0.25, 0.3) is 21.7 Å². The van der Waals surface area contributed by atoms with E-state index < -0.39 is 18.0 Å². The summed E-state index contributed by atoms with van der Waals surface area (Å²) in [5.74, 6) is 1.13. The van der Waals surface area contributed by atoms with Crippen LogP contribution < -0.4 is 4.74 Å². The van der Waals surface area contributed by atoms with Gasteiger partial charge >= 0.3 is 5.97 Å². The summed E-state index contributed by atoms with van der Waals surface area (Å²) in [7, 11) is 1.67. The Labute approximate surface area is 230 Å². The Balaban J connectivity index is 0.000000177. The van der Waals surface area contributed by atoms with E-state index >= 15 is 0 Å². The monoisotopic (exact) mass is 526 g/mol. The first kappa shape index (κ1) is 27.1. The van der Waals surface area contributed by atoms with Crippen molar-refractivity contribution in [3.8, 4) is 5.75 Å². The van der Waals surface area contributed by atoms with Crippen molar-refractivity contribution in [2.45, 2.75) is 51.2 Å². The smallest absolute Gasteiger partial charge is 0.310 e. The van der Waals surface area contributed by atoms with Crippen molar-refractivity contribution in [3.05, 3.63) is 84.1 Å². The van der Waals surface area contributed by atoms with Crippen LogP contribution in [-0.2, 0) is 4.79 Å². The molecule has 204 valence electrons. The van der Waals surface area contributed by atoms with Gasteiger partial charge in [-0.2, -0.15) is 0 Å². The van der Waals surface area contributed by atoms with Gasteiger partial charge in [-0.1, -0.05) is 55.8 Å². The summed E-state index contributed by atoms with van der Waals surface area (Å²) >= 11 is 0. The molecule has 39 heavy (non-hydrogen) atoms. The quantitative estimate of drug-likeness (QED) is 0.301. The molecule has 0 spiro atoms. The normalized spacial score (nSPS) is 23.6. The number of carboxylic acids is 1. The highest BCUT2D eigenvalue weighted by molar-refractivity contribution is 5.90. The number of pyridine rings is 1. The summed E-state index contributed by atoms with van der Waals surface area (Å²) in [6.45, 7) is 6.26. The van der Waals surface area contributed by atoms with Gasteiger partial charge in [-0.25, -0.2) is 0 Å². The van der Waals surface area contributed by atoms with Gasteiger partial charge in [0.15, 0.2) is 0 Å². The number of rotatable bonds is 6. The van der Waals surface area contributed by atoms with Crippen molar-refractivity contribution in [1.29, 1.82) is 0 Å². The van der Waals surface area contributed by atoms with Gasteiger partial charge in [0.25, 0.3) is 0 Å². The van der Waals surface area contributed by atoms with Crippen molar-refractivity contribution in [1.82, 2.24) is 9.88 Å². The van der Waals surface area contributed by atoms with Gasteiger partial charge in [-0.15, -0.1) is 0 Å².